The van der Waals surface area contributed by atoms with Crippen LogP contribution in [0, 0.1) is 6.92 Å². The predicted molar refractivity (Wildman–Crippen MR) is 62.0 cm³/mol. The Balaban J connectivity index is 2.70. The average Bonchev–Trinajstić information content (AvgIpc) is 2.20. The van der Waals surface area contributed by atoms with Gasteiger partial charge in [-0.3, -0.25) is 0 Å². The van der Waals surface area contributed by atoms with Gasteiger partial charge in [-0.25, -0.2) is 4.79 Å². The van der Waals surface area contributed by atoms with Crippen LogP contribution < -0.4 is 4.74 Å². The van der Waals surface area contributed by atoms with Crippen molar-refractivity contribution in [1.82, 2.24) is 0 Å². The van der Waals surface area contributed by atoms with E-state index >= 15 is 0 Å². The van der Waals surface area contributed by atoms with E-state index in [-0.39, 0.29) is 0 Å². The summed E-state index contributed by atoms with van der Waals surface area (Å²) in [7, 11) is 0. The normalized spacial score (nSPS) is 10.0. The van der Waals surface area contributed by atoms with Gasteiger partial charge in [-0.05, 0) is 36.9 Å². The largest absolute Gasteiger partial charge is 0.492 e. The Morgan fingerprint density at radius 1 is 1.53 bits per heavy atom. The quantitative estimate of drug-likeness (QED) is 0.783. The number of rotatable bonds is 5. The number of hydrogen-bond acceptors (Lipinski definition) is 3. The van der Waals surface area contributed by atoms with Gasteiger partial charge in [0.1, 0.15) is 5.75 Å². The van der Waals surface area contributed by atoms with Crippen LogP contribution in [-0.4, -0.2) is 29.7 Å². The Kier molecular flexibility index (Phi) is 4.49. The van der Waals surface area contributed by atoms with Gasteiger partial charge in [0.2, 0.25) is 0 Å². The third-order valence-corrected chi connectivity index (χ3v) is 2.54. The van der Waals surface area contributed by atoms with Gasteiger partial charge in [-0.1, -0.05) is 0 Å². The van der Waals surface area contributed by atoms with Crippen molar-refractivity contribution in [3.63, 3.8) is 0 Å². The van der Waals surface area contributed by atoms with Crippen LogP contribution in [-0.2, 0) is 0 Å². The SMILES string of the molecule is CSCCOc1ccc(C(=O)O)cc1C. The molecule has 0 aliphatic heterocycles. The Bertz CT molecular complexity index is 350. The summed E-state index contributed by atoms with van der Waals surface area (Å²) >= 11 is 1.72. The third-order valence-electron chi connectivity index (χ3n) is 1.97. The highest BCUT2D eigenvalue weighted by atomic mass is 32.2. The van der Waals surface area contributed by atoms with E-state index in [1.807, 2.05) is 13.2 Å². The molecule has 0 bridgehead atoms. The Morgan fingerprint density at radius 2 is 2.27 bits per heavy atom. The molecule has 1 rings (SSSR count). The van der Waals surface area contributed by atoms with Crippen molar-refractivity contribution in [3.8, 4) is 5.75 Å². The third kappa shape index (κ3) is 3.47. The monoisotopic (exact) mass is 226 g/mol. The lowest BCUT2D eigenvalue weighted by Gasteiger charge is -2.08. The van der Waals surface area contributed by atoms with Crippen molar-refractivity contribution in [2.24, 2.45) is 0 Å². The zero-order chi connectivity index (χ0) is 11.3. The maximum absolute atomic E-state index is 10.7. The molecule has 0 aromatic heterocycles. The number of carboxylic acids is 1. The molecular weight excluding hydrogens is 212 g/mol. The van der Waals surface area contributed by atoms with Crippen molar-refractivity contribution >= 4 is 17.7 Å². The summed E-state index contributed by atoms with van der Waals surface area (Å²) in [5, 5.41) is 8.77. The van der Waals surface area contributed by atoms with Gasteiger partial charge in [0.05, 0.1) is 12.2 Å². The van der Waals surface area contributed by atoms with Crippen molar-refractivity contribution in [1.29, 1.82) is 0 Å². The molecule has 0 saturated heterocycles. The van der Waals surface area contributed by atoms with Crippen LogP contribution in [0.1, 0.15) is 15.9 Å². The van der Waals surface area contributed by atoms with E-state index < -0.39 is 5.97 Å². The first-order chi connectivity index (χ1) is 7.15. The molecule has 0 aliphatic rings. The molecule has 0 spiro atoms. The minimum Gasteiger partial charge on any atom is -0.492 e. The van der Waals surface area contributed by atoms with Gasteiger partial charge >= 0.3 is 5.97 Å². The molecule has 0 aliphatic carbocycles. The van der Waals surface area contributed by atoms with E-state index in [4.69, 9.17) is 9.84 Å². The van der Waals surface area contributed by atoms with E-state index in [1.165, 1.54) is 0 Å². The summed E-state index contributed by atoms with van der Waals surface area (Å²) in [6, 6.07) is 4.89. The first-order valence-electron chi connectivity index (χ1n) is 4.61. The Morgan fingerprint density at radius 3 is 2.80 bits per heavy atom. The summed E-state index contributed by atoms with van der Waals surface area (Å²) in [4.78, 5) is 10.7. The lowest BCUT2D eigenvalue weighted by molar-refractivity contribution is 0.0696. The van der Waals surface area contributed by atoms with Crippen LogP contribution in [0.2, 0.25) is 0 Å². The first-order valence-corrected chi connectivity index (χ1v) is 6.00. The molecule has 1 N–H and O–H groups in total. The van der Waals surface area contributed by atoms with Gasteiger partial charge in [-0.15, -0.1) is 0 Å². The molecule has 15 heavy (non-hydrogen) atoms. The molecule has 82 valence electrons. The van der Waals surface area contributed by atoms with E-state index in [2.05, 4.69) is 0 Å². The van der Waals surface area contributed by atoms with Crippen molar-refractivity contribution in [2.45, 2.75) is 6.92 Å². The van der Waals surface area contributed by atoms with E-state index in [0.29, 0.717) is 12.2 Å². The van der Waals surface area contributed by atoms with E-state index in [0.717, 1.165) is 17.1 Å². The average molecular weight is 226 g/mol. The fraction of sp³-hybridized carbons (Fsp3) is 0.364. The number of thioether (sulfide) groups is 1. The molecule has 0 unspecified atom stereocenters. The van der Waals surface area contributed by atoms with Crippen LogP contribution in [0.3, 0.4) is 0 Å². The Hall–Kier alpha value is -1.16. The van der Waals surface area contributed by atoms with Crippen LogP contribution in [0.5, 0.6) is 5.75 Å². The second-order valence-corrected chi connectivity index (χ2v) is 4.11. The molecule has 3 nitrogen and oxygen atoms in total. The molecular formula is C11H14O3S. The highest BCUT2D eigenvalue weighted by molar-refractivity contribution is 7.98. The van der Waals surface area contributed by atoms with Crippen molar-refractivity contribution in [2.75, 3.05) is 18.6 Å². The number of aryl methyl sites for hydroxylation is 1. The van der Waals surface area contributed by atoms with Crippen LogP contribution in [0.25, 0.3) is 0 Å². The van der Waals surface area contributed by atoms with Gasteiger partial charge in [0.25, 0.3) is 0 Å². The number of benzene rings is 1. The molecule has 0 heterocycles. The number of hydrogen-bond donors (Lipinski definition) is 1. The Labute approximate surface area is 93.4 Å². The molecule has 0 radical (unpaired) electrons. The minimum atomic E-state index is -0.909. The summed E-state index contributed by atoms with van der Waals surface area (Å²) in [6.45, 7) is 2.50. The van der Waals surface area contributed by atoms with Gasteiger partial charge in [0.15, 0.2) is 0 Å². The summed E-state index contributed by atoms with van der Waals surface area (Å²) in [5.74, 6) is 0.781. The summed E-state index contributed by atoms with van der Waals surface area (Å²) in [6.07, 6.45) is 2.02. The maximum atomic E-state index is 10.7. The lowest BCUT2D eigenvalue weighted by atomic mass is 10.1. The zero-order valence-corrected chi connectivity index (χ0v) is 9.63. The molecule has 1 aromatic carbocycles. The van der Waals surface area contributed by atoms with Crippen molar-refractivity contribution < 1.29 is 14.6 Å². The van der Waals surface area contributed by atoms with Gasteiger partial charge in [0, 0.05) is 5.75 Å². The number of carboxylic acid groups (broad SMARTS) is 1. The number of aromatic carboxylic acids is 1. The van der Waals surface area contributed by atoms with Gasteiger partial charge in [-0.2, -0.15) is 11.8 Å². The maximum Gasteiger partial charge on any atom is 0.335 e. The second kappa shape index (κ2) is 5.66. The first kappa shape index (κ1) is 11.9. The highest BCUT2D eigenvalue weighted by Crippen LogP contribution is 2.19. The van der Waals surface area contributed by atoms with Gasteiger partial charge < -0.3 is 9.84 Å². The molecule has 1 aromatic rings. The standard InChI is InChI=1S/C11H14O3S/c1-8-7-9(11(12)13)3-4-10(8)14-5-6-15-2/h3-4,7H,5-6H2,1-2H3,(H,12,13). The van der Waals surface area contributed by atoms with Crippen LogP contribution >= 0.6 is 11.8 Å². The fourth-order valence-electron chi connectivity index (χ4n) is 1.18. The number of ether oxygens (including phenoxy) is 1. The highest BCUT2D eigenvalue weighted by Gasteiger charge is 2.05. The molecule has 0 amide bonds. The second-order valence-electron chi connectivity index (χ2n) is 3.13. The van der Waals surface area contributed by atoms with Crippen LogP contribution in [0.4, 0.5) is 0 Å². The molecule has 4 heteroatoms. The predicted octanol–water partition coefficient (Wildman–Crippen LogP) is 2.44. The van der Waals surface area contributed by atoms with Crippen molar-refractivity contribution in [3.05, 3.63) is 29.3 Å². The van der Waals surface area contributed by atoms with Crippen LogP contribution in [0.15, 0.2) is 18.2 Å². The summed E-state index contributed by atoms with van der Waals surface area (Å²) < 4.78 is 5.50. The molecule has 0 atom stereocenters. The minimum absolute atomic E-state index is 0.296. The molecule has 0 saturated carbocycles. The topological polar surface area (TPSA) is 46.5 Å². The smallest absolute Gasteiger partial charge is 0.335 e. The van der Waals surface area contributed by atoms with E-state index in [9.17, 15) is 4.79 Å². The number of carbonyl (C=O) groups is 1. The van der Waals surface area contributed by atoms with E-state index in [1.54, 1.807) is 30.0 Å². The fourth-order valence-corrected chi connectivity index (χ4v) is 1.43. The molecule has 0 fully saturated rings. The zero-order valence-electron chi connectivity index (χ0n) is 8.82. The summed E-state index contributed by atoms with van der Waals surface area (Å²) in [5.41, 5.74) is 1.15. The lowest BCUT2D eigenvalue weighted by Crippen LogP contribution is -2.02.